The summed E-state index contributed by atoms with van der Waals surface area (Å²) in [5.74, 6) is 2.02. The third-order valence-corrected chi connectivity index (χ3v) is 3.47. The molecule has 1 heterocycles. The van der Waals surface area contributed by atoms with E-state index in [1.54, 1.807) is 6.20 Å². The molecule has 1 N–H and O–H groups in total. The van der Waals surface area contributed by atoms with E-state index in [0.29, 0.717) is 11.8 Å². The van der Waals surface area contributed by atoms with E-state index < -0.39 is 0 Å². The largest absolute Gasteiger partial charge is 0.439 e. The van der Waals surface area contributed by atoms with Crippen LogP contribution in [0.1, 0.15) is 43.4 Å². The molecule has 0 unspecified atom stereocenters. The molecule has 1 aromatic carbocycles. The van der Waals surface area contributed by atoms with Gasteiger partial charge >= 0.3 is 0 Å². The highest BCUT2D eigenvalue weighted by Crippen LogP contribution is 2.28. The fourth-order valence-electron chi connectivity index (χ4n) is 2.08. The van der Waals surface area contributed by atoms with Crippen molar-refractivity contribution >= 4 is 0 Å². The minimum Gasteiger partial charge on any atom is -0.439 e. The third kappa shape index (κ3) is 4.30. The third-order valence-electron chi connectivity index (χ3n) is 3.47. The van der Waals surface area contributed by atoms with Crippen molar-refractivity contribution in [1.82, 2.24) is 10.3 Å². The maximum Gasteiger partial charge on any atom is 0.219 e. The summed E-state index contributed by atoms with van der Waals surface area (Å²) in [4.78, 5) is 4.31. The van der Waals surface area contributed by atoms with Crippen LogP contribution in [0.25, 0.3) is 0 Å². The number of nitrogens with zero attached hydrogens (tertiary/aromatic N) is 1. The van der Waals surface area contributed by atoms with Crippen LogP contribution in [0.3, 0.4) is 0 Å². The molecule has 2 rings (SSSR count). The lowest BCUT2D eigenvalue weighted by Crippen LogP contribution is -2.11. The van der Waals surface area contributed by atoms with Crippen molar-refractivity contribution < 1.29 is 4.74 Å². The molecule has 0 spiro atoms. The molecule has 0 aliphatic carbocycles. The Kier molecular flexibility index (Phi) is 5.34. The fourth-order valence-corrected chi connectivity index (χ4v) is 2.08. The van der Waals surface area contributed by atoms with Gasteiger partial charge in [-0.3, -0.25) is 0 Å². The van der Waals surface area contributed by atoms with Gasteiger partial charge in [0.2, 0.25) is 5.88 Å². The minimum absolute atomic E-state index is 0.487. The number of nitrogens with one attached hydrogen (secondary N) is 1. The average Bonchev–Trinajstić information content (AvgIpc) is 2.47. The number of aromatic nitrogens is 1. The van der Waals surface area contributed by atoms with Crippen molar-refractivity contribution in [2.45, 2.75) is 40.2 Å². The highest BCUT2D eigenvalue weighted by Gasteiger charge is 2.07. The molecule has 0 saturated carbocycles. The lowest BCUT2D eigenvalue weighted by atomic mass is 10.0. The maximum atomic E-state index is 5.98. The molecule has 0 fully saturated rings. The van der Waals surface area contributed by atoms with E-state index in [4.69, 9.17) is 4.74 Å². The van der Waals surface area contributed by atoms with E-state index in [-0.39, 0.29) is 0 Å². The highest BCUT2D eigenvalue weighted by atomic mass is 16.5. The van der Waals surface area contributed by atoms with E-state index >= 15 is 0 Å². The molecule has 112 valence electrons. The van der Waals surface area contributed by atoms with Crippen LogP contribution in [-0.4, -0.2) is 11.5 Å². The summed E-state index contributed by atoms with van der Waals surface area (Å²) in [6.45, 7) is 10.3. The van der Waals surface area contributed by atoms with Gasteiger partial charge in [-0.15, -0.1) is 0 Å². The number of ether oxygens (including phenoxy) is 1. The maximum absolute atomic E-state index is 5.98. The van der Waals surface area contributed by atoms with Crippen LogP contribution in [0.15, 0.2) is 36.5 Å². The molecule has 2 aromatic rings. The van der Waals surface area contributed by atoms with Gasteiger partial charge in [-0.2, -0.15) is 0 Å². The van der Waals surface area contributed by atoms with Crippen molar-refractivity contribution in [2.24, 2.45) is 0 Å². The van der Waals surface area contributed by atoms with Crippen LogP contribution in [-0.2, 0) is 6.54 Å². The van der Waals surface area contributed by atoms with Crippen molar-refractivity contribution in [3.63, 3.8) is 0 Å². The van der Waals surface area contributed by atoms with E-state index in [0.717, 1.165) is 24.4 Å². The first-order valence-corrected chi connectivity index (χ1v) is 7.54. The van der Waals surface area contributed by atoms with Crippen molar-refractivity contribution in [2.75, 3.05) is 6.54 Å². The van der Waals surface area contributed by atoms with Gasteiger partial charge in [0.25, 0.3) is 0 Å². The zero-order valence-electron chi connectivity index (χ0n) is 13.3. The fraction of sp³-hybridized carbons (Fsp3) is 0.389. The Bertz CT molecular complexity index is 594. The topological polar surface area (TPSA) is 34.2 Å². The number of aryl methyl sites for hydroxylation is 1. The molecule has 0 radical (unpaired) electrons. The quantitative estimate of drug-likeness (QED) is 0.853. The SMILES string of the molecule is CCNCc1ccnc(Oc2cc(C(C)C)ccc2C)c1. The number of benzene rings is 1. The molecular weight excluding hydrogens is 260 g/mol. The molecule has 0 aliphatic rings. The first kappa shape index (κ1) is 15.5. The Balaban J connectivity index is 2.19. The second kappa shape index (κ2) is 7.23. The number of pyridine rings is 1. The molecule has 1 aromatic heterocycles. The van der Waals surface area contributed by atoms with Crippen molar-refractivity contribution in [3.05, 3.63) is 53.2 Å². The molecule has 0 amide bonds. The predicted octanol–water partition coefficient (Wildman–Crippen LogP) is 4.42. The Morgan fingerprint density at radius 3 is 2.71 bits per heavy atom. The number of rotatable bonds is 6. The summed E-state index contributed by atoms with van der Waals surface area (Å²) >= 11 is 0. The van der Waals surface area contributed by atoms with Gasteiger partial charge in [0.15, 0.2) is 0 Å². The standard InChI is InChI=1S/C18H24N2O/c1-5-19-12-15-8-9-20-18(10-15)21-17-11-16(13(2)3)7-6-14(17)4/h6-11,13,19H,5,12H2,1-4H3. The van der Waals surface area contributed by atoms with Gasteiger partial charge in [-0.05, 0) is 48.2 Å². The zero-order valence-corrected chi connectivity index (χ0v) is 13.3. The van der Waals surface area contributed by atoms with E-state index in [2.05, 4.69) is 56.2 Å². The van der Waals surface area contributed by atoms with Gasteiger partial charge in [-0.1, -0.05) is 32.9 Å². The number of hydrogen-bond donors (Lipinski definition) is 1. The second-order valence-electron chi connectivity index (χ2n) is 5.56. The molecule has 3 heteroatoms. The minimum atomic E-state index is 0.487. The van der Waals surface area contributed by atoms with E-state index in [1.807, 2.05) is 12.1 Å². The Labute approximate surface area is 127 Å². The summed E-state index contributed by atoms with van der Waals surface area (Å²) in [6.07, 6.45) is 1.80. The first-order chi connectivity index (χ1) is 10.1. The van der Waals surface area contributed by atoms with Crippen molar-refractivity contribution in [3.8, 4) is 11.6 Å². The van der Waals surface area contributed by atoms with Crippen LogP contribution in [0.4, 0.5) is 0 Å². The Morgan fingerprint density at radius 1 is 1.19 bits per heavy atom. The van der Waals surface area contributed by atoms with Gasteiger partial charge < -0.3 is 10.1 Å². The van der Waals surface area contributed by atoms with Gasteiger partial charge in [0.1, 0.15) is 5.75 Å². The van der Waals surface area contributed by atoms with E-state index in [9.17, 15) is 0 Å². The molecule has 0 aliphatic heterocycles. The van der Waals surface area contributed by atoms with Gasteiger partial charge in [-0.25, -0.2) is 4.98 Å². The lowest BCUT2D eigenvalue weighted by Gasteiger charge is -2.12. The number of hydrogen-bond acceptors (Lipinski definition) is 3. The van der Waals surface area contributed by atoms with Crippen LogP contribution in [0.2, 0.25) is 0 Å². The van der Waals surface area contributed by atoms with Crippen LogP contribution in [0, 0.1) is 6.92 Å². The highest BCUT2D eigenvalue weighted by molar-refractivity contribution is 5.40. The molecule has 0 saturated heterocycles. The Morgan fingerprint density at radius 2 is 2.00 bits per heavy atom. The summed E-state index contributed by atoms with van der Waals surface area (Å²) in [5.41, 5.74) is 3.58. The van der Waals surface area contributed by atoms with Crippen LogP contribution in [0.5, 0.6) is 11.6 Å². The first-order valence-electron chi connectivity index (χ1n) is 7.54. The van der Waals surface area contributed by atoms with Crippen LogP contribution < -0.4 is 10.1 Å². The summed E-state index contributed by atoms with van der Waals surface area (Å²) in [7, 11) is 0. The predicted molar refractivity (Wildman–Crippen MR) is 87.0 cm³/mol. The smallest absolute Gasteiger partial charge is 0.219 e. The molecular formula is C18H24N2O. The Hall–Kier alpha value is -1.87. The van der Waals surface area contributed by atoms with Crippen molar-refractivity contribution in [1.29, 1.82) is 0 Å². The molecule has 0 atom stereocenters. The summed E-state index contributed by atoms with van der Waals surface area (Å²) < 4.78 is 5.98. The lowest BCUT2D eigenvalue weighted by molar-refractivity contribution is 0.457. The summed E-state index contributed by atoms with van der Waals surface area (Å²) in [6, 6.07) is 10.4. The van der Waals surface area contributed by atoms with Crippen LogP contribution >= 0.6 is 0 Å². The zero-order chi connectivity index (χ0) is 15.2. The monoisotopic (exact) mass is 284 g/mol. The van der Waals surface area contributed by atoms with Gasteiger partial charge in [0, 0.05) is 18.8 Å². The average molecular weight is 284 g/mol. The summed E-state index contributed by atoms with van der Waals surface area (Å²) in [5, 5.41) is 3.31. The molecule has 3 nitrogen and oxygen atoms in total. The second-order valence-corrected chi connectivity index (χ2v) is 5.56. The normalized spacial score (nSPS) is 10.9. The van der Waals surface area contributed by atoms with Gasteiger partial charge in [0.05, 0.1) is 0 Å². The molecule has 0 bridgehead atoms. The molecule has 21 heavy (non-hydrogen) atoms. The van der Waals surface area contributed by atoms with E-state index in [1.165, 1.54) is 11.1 Å².